The number of aromatic nitrogens is 3. The van der Waals surface area contributed by atoms with Gasteiger partial charge in [0.1, 0.15) is 5.82 Å². The van der Waals surface area contributed by atoms with Crippen molar-refractivity contribution in [3.05, 3.63) is 77.1 Å². The van der Waals surface area contributed by atoms with Gasteiger partial charge in [-0.1, -0.05) is 49.4 Å². The molecule has 0 spiro atoms. The third-order valence-electron chi connectivity index (χ3n) is 5.18. The SMILES string of the molecule is CCc1c(C)cccc1NCC1=CC(=O)n2nc(-c3ccccc3)nc2CC1. The summed E-state index contributed by atoms with van der Waals surface area (Å²) in [4.78, 5) is 17.3. The first-order valence-electron chi connectivity index (χ1n) is 9.73. The zero-order valence-electron chi connectivity index (χ0n) is 16.3. The minimum atomic E-state index is -0.126. The van der Waals surface area contributed by atoms with Crippen molar-refractivity contribution < 1.29 is 4.79 Å². The Balaban J connectivity index is 1.51. The molecule has 1 aromatic heterocycles. The summed E-state index contributed by atoms with van der Waals surface area (Å²) in [7, 11) is 0. The quantitative estimate of drug-likeness (QED) is 0.719. The van der Waals surface area contributed by atoms with Crippen LogP contribution < -0.4 is 5.32 Å². The Morgan fingerprint density at radius 3 is 2.68 bits per heavy atom. The molecule has 0 saturated carbocycles. The second-order valence-corrected chi connectivity index (χ2v) is 7.08. The summed E-state index contributed by atoms with van der Waals surface area (Å²) < 4.78 is 1.44. The molecule has 0 radical (unpaired) electrons. The van der Waals surface area contributed by atoms with Crippen molar-refractivity contribution in [2.24, 2.45) is 0 Å². The van der Waals surface area contributed by atoms with Crippen molar-refractivity contribution in [3.63, 3.8) is 0 Å². The molecule has 0 fully saturated rings. The summed E-state index contributed by atoms with van der Waals surface area (Å²) in [5, 5.41) is 7.95. The Hall–Kier alpha value is -3.21. The third kappa shape index (κ3) is 3.60. The molecule has 28 heavy (non-hydrogen) atoms. The highest BCUT2D eigenvalue weighted by atomic mass is 16.2. The fourth-order valence-corrected chi connectivity index (χ4v) is 3.66. The highest BCUT2D eigenvalue weighted by molar-refractivity contribution is 5.91. The maximum atomic E-state index is 12.7. The number of rotatable bonds is 5. The molecule has 0 amide bonds. The van der Waals surface area contributed by atoms with Crippen LogP contribution in [0.15, 0.2) is 60.2 Å². The van der Waals surface area contributed by atoms with Crippen LogP contribution in [0.5, 0.6) is 0 Å². The summed E-state index contributed by atoms with van der Waals surface area (Å²) in [6.07, 6.45) is 4.18. The molecule has 1 N–H and O–H groups in total. The van der Waals surface area contributed by atoms with Crippen LogP contribution in [0.25, 0.3) is 11.4 Å². The number of hydrogen-bond acceptors (Lipinski definition) is 4. The summed E-state index contributed by atoms with van der Waals surface area (Å²) in [6, 6.07) is 16.1. The average molecular weight is 372 g/mol. The number of benzene rings is 2. The van der Waals surface area contributed by atoms with Crippen molar-refractivity contribution in [1.29, 1.82) is 0 Å². The summed E-state index contributed by atoms with van der Waals surface area (Å²) in [5.74, 6) is 1.20. The van der Waals surface area contributed by atoms with Gasteiger partial charge in [0.25, 0.3) is 5.91 Å². The monoisotopic (exact) mass is 372 g/mol. The van der Waals surface area contributed by atoms with Crippen LogP contribution in [0.2, 0.25) is 0 Å². The molecule has 0 atom stereocenters. The lowest BCUT2D eigenvalue weighted by atomic mass is 10.0. The highest BCUT2D eigenvalue weighted by Gasteiger charge is 2.20. The van der Waals surface area contributed by atoms with E-state index in [-0.39, 0.29) is 5.91 Å². The van der Waals surface area contributed by atoms with Crippen LogP contribution in [0.4, 0.5) is 5.69 Å². The lowest BCUT2D eigenvalue weighted by Crippen LogP contribution is -2.12. The lowest BCUT2D eigenvalue weighted by Gasteiger charge is -2.14. The van der Waals surface area contributed by atoms with Gasteiger partial charge >= 0.3 is 0 Å². The highest BCUT2D eigenvalue weighted by Crippen LogP contribution is 2.22. The normalized spacial score (nSPS) is 13.6. The van der Waals surface area contributed by atoms with E-state index in [0.29, 0.717) is 18.8 Å². The van der Waals surface area contributed by atoms with E-state index >= 15 is 0 Å². The van der Waals surface area contributed by atoms with Crippen molar-refractivity contribution in [1.82, 2.24) is 14.8 Å². The summed E-state index contributed by atoms with van der Waals surface area (Å²) >= 11 is 0. The molecular formula is C23H24N4O. The van der Waals surface area contributed by atoms with Crippen LogP contribution in [0.3, 0.4) is 0 Å². The first kappa shape index (κ1) is 18.2. The first-order valence-corrected chi connectivity index (χ1v) is 9.73. The standard InChI is InChI=1S/C23H24N4O/c1-3-19-16(2)8-7-11-20(19)24-15-17-12-13-21-25-23(18-9-5-4-6-10-18)26-27(21)22(28)14-17/h4-11,14,24H,3,12-13,15H2,1-2H3. The molecule has 0 saturated heterocycles. The van der Waals surface area contributed by atoms with Crippen LogP contribution >= 0.6 is 0 Å². The van der Waals surface area contributed by atoms with Gasteiger partial charge in [0.05, 0.1) is 0 Å². The van der Waals surface area contributed by atoms with Crippen LogP contribution in [0.1, 0.15) is 35.1 Å². The molecule has 0 bridgehead atoms. The zero-order chi connectivity index (χ0) is 19.5. The van der Waals surface area contributed by atoms with E-state index in [1.807, 2.05) is 30.3 Å². The van der Waals surface area contributed by atoms with E-state index in [2.05, 4.69) is 47.4 Å². The number of nitrogens with zero attached hydrogens (tertiary/aromatic N) is 3. The van der Waals surface area contributed by atoms with Crippen molar-refractivity contribution in [2.75, 3.05) is 11.9 Å². The Morgan fingerprint density at radius 2 is 1.89 bits per heavy atom. The van der Waals surface area contributed by atoms with E-state index in [1.165, 1.54) is 15.8 Å². The van der Waals surface area contributed by atoms with Gasteiger partial charge in [-0.15, -0.1) is 5.10 Å². The predicted octanol–water partition coefficient (Wildman–Crippen LogP) is 4.44. The van der Waals surface area contributed by atoms with E-state index < -0.39 is 0 Å². The third-order valence-corrected chi connectivity index (χ3v) is 5.18. The Labute approximate surface area is 165 Å². The van der Waals surface area contributed by atoms with Gasteiger partial charge in [-0.3, -0.25) is 4.79 Å². The maximum Gasteiger partial charge on any atom is 0.272 e. The number of nitrogens with one attached hydrogen (secondary N) is 1. The number of hydrogen-bond donors (Lipinski definition) is 1. The Bertz CT molecular complexity index is 1030. The molecular weight excluding hydrogens is 348 g/mol. The number of allylic oxidation sites excluding steroid dienone is 1. The fraction of sp³-hybridized carbons (Fsp3) is 0.261. The average Bonchev–Trinajstić information content (AvgIpc) is 3.09. The van der Waals surface area contributed by atoms with Gasteiger partial charge in [0.15, 0.2) is 5.82 Å². The molecule has 1 aliphatic rings. The molecule has 2 aromatic carbocycles. The minimum Gasteiger partial charge on any atom is -0.381 e. The second-order valence-electron chi connectivity index (χ2n) is 7.08. The van der Waals surface area contributed by atoms with E-state index in [9.17, 15) is 4.79 Å². The number of anilines is 1. The summed E-state index contributed by atoms with van der Waals surface area (Å²) in [5.41, 5.74) is 5.75. The minimum absolute atomic E-state index is 0.126. The van der Waals surface area contributed by atoms with Crippen molar-refractivity contribution >= 4 is 11.6 Å². The Morgan fingerprint density at radius 1 is 1.07 bits per heavy atom. The van der Waals surface area contributed by atoms with Crippen LogP contribution in [-0.4, -0.2) is 27.2 Å². The largest absolute Gasteiger partial charge is 0.381 e. The number of aryl methyl sites for hydroxylation is 2. The van der Waals surface area contributed by atoms with Gasteiger partial charge < -0.3 is 5.32 Å². The molecule has 2 heterocycles. The molecule has 1 aliphatic heterocycles. The van der Waals surface area contributed by atoms with Gasteiger partial charge in [0.2, 0.25) is 0 Å². The molecule has 0 unspecified atom stereocenters. The molecule has 3 aromatic rings. The topological polar surface area (TPSA) is 59.8 Å². The molecule has 4 rings (SSSR count). The number of fused-ring (bicyclic) bond motifs is 1. The first-order chi connectivity index (χ1) is 13.7. The van der Waals surface area contributed by atoms with Gasteiger partial charge in [0, 0.05) is 30.3 Å². The van der Waals surface area contributed by atoms with E-state index in [0.717, 1.165) is 35.5 Å². The molecule has 5 heteroatoms. The lowest BCUT2D eigenvalue weighted by molar-refractivity contribution is 0.0951. The van der Waals surface area contributed by atoms with Gasteiger partial charge in [-0.2, -0.15) is 4.68 Å². The number of carbonyl (C=O) groups is 1. The zero-order valence-corrected chi connectivity index (χ0v) is 16.3. The smallest absolute Gasteiger partial charge is 0.272 e. The van der Waals surface area contributed by atoms with E-state index in [4.69, 9.17) is 0 Å². The fourth-order valence-electron chi connectivity index (χ4n) is 3.66. The van der Waals surface area contributed by atoms with Gasteiger partial charge in [-0.25, -0.2) is 4.98 Å². The second kappa shape index (κ2) is 7.80. The van der Waals surface area contributed by atoms with Crippen LogP contribution in [-0.2, 0) is 12.8 Å². The van der Waals surface area contributed by atoms with Crippen molar-refractivity contribution in [2.45, 2.75) is 33.1 Å². The molecule has 0 aliphatic carbocycles. The van der Waals surface area contributed by atoms with Gasteiger partial charge in [-0.05, 0) is 42.5 Å². The van der Waals surface area contributed by atoms with Crippen molar-refractivity contribution in [3.8, 4) is 11.4 Å². The molecule has 5 nitrogen and oxygen atoms in total. The maximum absolute atomic E-state index is 12.7. The van der Waals surface area contributed by atoms with Crippen LogP contribution in [0, 0.1) is 6.92 Å². The Kier molecular flexibility index (Phi) is 5.06. The number of carbonyl (C=O) groups excluding carboxylic acids is 1. The predicted molar refractivity (Wildman–Crippen MR) is 112 cm³/mol. The van der Waals surface area contributed by atoms with E-state index in [1.54, 1.807) is 6.08 Å². The molecule has 142 valence electrons. The summed E-state index contributed by atoms with van der Waals surface area (Å²) in [6.45, 7) is 4.95.